The first-order chi connectivity index (χ1) is 16.7. The van der Waals surface area contributed by atoms with E-state index in [4.69, 9.17) is 27.9 Å². The largest absolute Gasteiger partial charge is 0.391 e. The Kier molecular flexibility index (Phi) is 8.90. The topological polar surface area (TPSA) is 169 Å². The SMILES string of the molecule is NC(N)=NOCCNC(=O)CN1CCC[C@H](NS(=O)(=O)c2ccc(-c3ccc(Cl)cc3)cc2)C1=O.[HH].[HH].[HH]. The van der Waals surface area contributed by atoms with Gasteiger partial charge in [0.25, 0.3) is 0 Å². The number of nitrogens with zero attached hydrogens (tertiary/aromatic N) is 2. The second-order valence-corrected chi connectivity index (χ2v) is 9.96. The van der Waals surface area contributed by atoms with Crippen molar-refractivity contribution in [1.82, 2.24) is 14.9 Å². The van der Waals surface area contributed by atoms with E-state index < -0.39 is 27.9 Å². The molecule has 0 radical (unpaired) electrons. The minimum atomic E-state index is -3.95. The fraction of sp³-hybridized carbons (Fsp3) is 0.318. The minimum Gasteiger partial charge on any atom is -0.391 e. The number of hydrogen-bond acceptors (Lipinski definition) is 6. The summed E-state index contributed by atoms with van der Waals surface area (Å²) in [5.74, 6) is -1.10. The fourth-order valence-electron chi connectivity index (χ4n) is 3.52. The Labute approximate surface area is 212 Å². The van der Waals surface area contributed by atoms with Gasteiger partial charge in [0.15, 0.2) is 0 Å². The highest BCUT2D eigenvalue weighted by Crippen LogP contribution is 2.23. The van der Waals surface area contributed by atoms with Gasteiger partial charge < -0.3 is 26.5 Å². The van der Waals surface area contributed by atoms with Gasteiger partial charge in [0, 0.05) is 15.8 Å². The van der Waals surface area contributed by atoms with Crippen molar-refractivity contribution in [2.75, 3.05) is 26.2 Å². The van der Waals surface area contributed by atoms with Crippen molar-refractivity contribution in [3.05, 3.63) is 53.6 Å². The monoisotopic (exact) mass is 528 g/mol. The molecule has 194 valence electrons. The molecule has 0 spiro atoms. The number of oxime groups is 1. The summed E-state index contributed by atoms with van der Waals surface area (Å²) < 4.78 is 28.3. The van der Waals surface area contributed by atoms with Crippen LogP contribution in [-0.2, 0) is 24.4 Å². The predicted molar refractivity (Wildman–Crippen MR) is 138 cm³/mol. The van der Waals surface area contributed by atoms with Gasteiger partial charge in [-0.1, -0.05) is 35.9 Å². The van der Waals surface area contributed by atoms with Gasteiger partial charge in [-0.15, -0.1) is 0 Å². The molecule has 2 aromatic carbocycles. The number of carbonyl (C=O) groups is 2. The Morgan fingerprint density at radius 3 is 2.40 bits per heavy atom. The first kappa shape index (κ1) is 26.3. The van der Waals surface area contributed by atoms with Crippen molar-refractivity contribution in [3.63, 3.8) is 0 Å². The third kappa shape index (κ3) is 7.57. The number of rotatable bonds is 10. The zero-order valence-corrected chi connectivity index (χ0v) is 20.4. The highest BCUT2D eigenvalue weighted by Gasteiger charge is 2.33. The lowest BCUT2D eigenvalue weighted by Crippen LogP contribution is -2.54. The molecule has 13 heteroatoms. The fourth-order valence-corrected chi connectivity index (χ4v) is 4.87. The average molecular weight is 529 g/mol. The van der Waals surface area contributed by atoms with Gasteiger partial charge in [0.2, 0.25) is 27.8 Å². The van der Waals surface area contributed by atoms with Gasteiger partial charge >= 0.3 is 0 Å². The number of carbonyl (C=O) groups excluding carboxylic acids is 2. The number of sulfonamides is 1. The number of halogens is 1. The second kappa shape index (κ2) is 11.9. The molecule has 0 aromatic heterocycles. The molecule has 1 atom stereocenters. The number of hydrogen-bond donors (Lipinski definition) is 4. The highest BCUT2D eigenvalue weighted by atomic mass is 35.5. The van der Waals surface area contributed by atoms with Crippen LogP contribution in [0.2, 0.25) is 5.02 Å². The molecule has 35 heavy (non-hydrogen) atoms. The lowest BCUT2D eigenvalue weighted by molar-refractivity contribution is -0.139. The van der Waals surface area contributed by atoms with E-state index in [0.29, 0.717) is 24.4 Å². The first-order valence-electron chi connectivity index (χ1n) is 10.8. The molecular formula is C22H33ClN6O5S. The maximum absolute atomic E-state index is 12.9. The standard InChI is InChI=1S/C22H27ClN6O5S.3H2/c23-17-7-3-15(4-8-17)16-5-9-18(10-6-16)35(32,33)28-19-2-1-12-29(21(19)31)14-20(30)26-11-13-34-27-22(24)25;;;/h3-10,19,28H,1-2,11-14H2,(H,26,30)(H4,24,25,27);3*1H/t19-;;;/m0.../s1. The van der Waals surface area contributed by atoms with Crippen LogP contribution in [0.5, 0.6) is 0 Å². The molecule has 1 aliphatic rings. The van der Waals surface area contributed by atoms with E-state index in [2.05, 4.69) is 15.2 Å². The van der Waals surface area contributed by atoms with Crippen LogP contribution in [0, 0.1) is 0 Å². The zero-order chi connectivity index (χ0) is 25.4. The number of likely N-dealkylation sites (tertiary alicyclic amines) is 1. The number of amides is 2. The van der Waals surface area contributed by atoms with Gasteiger partial charge in [-0.25, -0.2) is 8.42 Å². The van der Waals surface area contributed by atoms with Crippen molar-refractivity contribution in [3.8, 4) is 11.1 Å². The quantitative estimate of drug-likeness (QED) is 0.156. The number of piperidine rings is 1. The summed E-state index contributed by atoms with van der Waals surface area (Å²) in [6, 6.07) is 12.6. The molecule has 1 saturated heterocycles. The Bertz CT molecular complexity index is 1180. The van der Waals surface area contributed by atoms with E-state index in [1.165, 1.54) is 17.0 Å². The summed E-state index contributed by atoms with van der Waals surface area (Å²) in [6.07, 6.45) is 0.890. The van der Waals surface area contributed by atoms with E-state index in [1.54, 1.807) is 24.3 Å². The zero-order valence-electron chi connectivity index (χ0n) is 18.8. The summed E-state index contributed by atoms with van der Waals surface area (Å²) in [6.45, 7) is 0.344. The van der Waals surface area contributed by atoms with Gasteiger partial charge in [0.05, 0.1) is 18.0 Å². The van der Waals surface area contributed by atoms with Crippen LogP contribution in [0.25, 0.3) is 11.1 Å². The minimum absolute atomic E-state index is 0. The molecule has 6 N–H and O–H groups in total. The number of nitrogens with two attached hydrogens (primary N) is 2. The predicted octanol–water partition coefficient (Wildman–Crippen LogP) is 1.34. The lowest BCUT2D eigenvalue weighted by atomic mass is 10.1. The lowest BCUT2D eigenvalue weighted by Gasteiger charge is -2.32. The molecule has 2 amide bonds. The molecule has 1 aliphatic heterocycles. The highest BCUT2D eigenvalue weighted by molar-refractivity contribution is 7.89. The van der Waals surface area contributed by atoms with Crippen LogP contribution in [0.1, 0.15) is 17.1 Å². The van der Waals surface area contributed by atoms with Crippen LogP contribution >= 0.6 is 11.6 Å². The molecule has 0 unspecified atom stereocenters. The van der Waals surface area contributed by atoms with Gasteiger partial charge in [-0.2, -0.15) is 4.72 Å². The summed E-state index contributed by atoms with van der Waals surface area (Å²) >= 11 is 5.91. The van der Waals surface area contributed by atoms with E-state index in [-0.39, 0.29) is 34.8 Å². The van der Waals surface area contributed by atoms with E-state index in [1.807, 2.05) is 12.1 Å². The van der Waals surface area contributed by atoms with Crippen molar-refractivity contribution in [2.45, 2.75) is 23.8 Å². The van der Waals surface area contributed by atoms with Gasteiger partial charge in [-0.3, -0.25) is 9.59 Å². The molecular weight excluding hydrogens is 496 g/mol. The Morgan fingerprint density at radius 2 is 1.77 bits per heavy atom. The maximum atomic E-state index is 12.9. The Morgan fingerprint density at radius 1 is 1.14 bits per heavy atom. The molecule has 2 aromatic rings. The third-order valence-electron chi connectivity index (χ3n) is 5.19. The normalized spacial score (nSPS) is 16.0. The maximum Gasteiger partial charge on any atom is 0.241 e. The van der Waals surface area contributed by atoms with Gasteiger partial charge in [-0.05, 0) is 53.4 Å². The van der Waals surface area contributed by atoms with Gasteiger partial charge in [0.1, 0.15) is 12.6 Å². The van der Waals surface area contributed by atoms with Crippen LogP contribution < -0.4 is 21.5 Å². The van der Waals surface area contributed by atoms with Crippen molar-refractivity contribution in [2.24, 2.45) is 16.6 Å². The number of benzene rings is 2. The molecule has 0 saturated carbocycles. The van der Waals surface area contributed by atoms with Crippen molar-refractivity contribution < 1.29 is 27.1 Å². The van der Waals surface area contributed by atoms with E-state index in [9.17, 15) is 18.0 Å². The van der Waals surface area contributed by atoms with Crippen LogP contribution in [0.15, 0.2) is 58.6 Å². The summed E-state index contributed by atoms with van der Waals surface area (Å²) in [5.41, 5.74) is 12.0. The van der Waals surface area contributed by atoms with Crippen LogP contribution in [0.4, 0.5) is 0 Å². The van der Waals surface area contributed by atoms with Crippen molar-refractivity contribution >= 4 is 39.4 Å². The summed E-state index contributed by atoms with van der Waals surface area (Å²) in [4.78, 5) is 31.1. The Hall–Kier alpha value is -3.35. The third-order valence-corrected chi connectivity index (χ3v) is 6.93. The molecule has 0 bridgehead atoms. The number of nitrogens with one attached hydrogen (secondary N) is 2. The van der Waals surface area contributed by atoms with Crippen LogP contribution in [-0.4, -0.2) is 63.4 Å². The van der Waals surface area contributed by atoms with Crippen LogP contribution in [0.3, 0.4) is 0 Å². The average Bonchev–Trinajstić information content (AvgIpc) is 2.82. The van der Waals surface area contributed by atoms with E-state index >= 15 is 0 Å². The van der Waals surface area contributed by atoms with E-state index in [0.717, 1.165) is 11.1 Å². The first-order valence-corrected chi connectivity index (χ1v) is 12.7. The molecule has 11 nitrogen and oxygen atoms in total. The number of guanidine groups is 1. The molecule has 1 heterocycles. The second-order valence-electron chi connectivity index (χ2n) is 7.81. The molecule has 0 aliphatic carbocycles. The summed E-state index contributed by atoms with van der Waals surface area (Å²) in [5, 5.41) is 6.52. The molecule has 1 fully saturated rings. The van der Waals surface area contributed by atoms with Crippen molar-refractivity contribution in [1.29, 1.82) is 0 Å². The Balaban J connectivity index is 0.00000456. The summed E-state index contributed by atoms with van der Waals surface area (Å²) in [7, 11) is -3.95. The molecule has 3 rings (SSSR count). The smallest absolute Gasteiger partial charge is 0.241 e.